The van der Waals surface area contributed by atoms with Crippen molar-refractivity contribution in [3.8, 4) is 0 Å². The van der Waals surface area contributed by atoms with Crippen LogP contribution < -0.4 is 11.1 Å². The highest BCUT2D eigenvalue weighted by Gasteiger charge is 2.19. The number of hydrogen-bond donors (Lipinski definition) is 2. The maximum Gasteiger partial charge on any atom is 0.274 e. The first-order valence-electron chi connectivity index (χ1n) is 8.01. The van der Waals surface area contributed by atoms with Gasteiger partial charge in [-0.05, 0) is 43.2 Å². The number of anilines is 1. The second kappa shape index (κ2) is 7.12. The van der Waals surface area contributed by atoms with Gasteiger partial charge < -0.3 is 16.0 Å². The third kappa shape index (κ3) is 3.82. The third-order valence-electron chi connectivity index (χ3n) is 4.04. The van der Waals surface area contributed by atoms with Crippen LogP contribution in [0.5, 0.6) is 0 Å². The molecule has 1 aliphatic rings. The first-order chi connectivity index (χ1) is 12.0. The summed E-state index contributed by atoms with van der Waals surface area (Å²) in [4.78, 5) is 41.4. The molecule has 0 aliphatic carbocycles. The molecule has 0 saturated carbocycles. The molecule has 0 spiro atoms. The molecule has 0 unspecified atom stereocenters. The van der Waals surface area contributed by atoms with Crippen molar-refractivity contribution < 1.29 is 14.4 Å². The minimum Gasteiger partial charge on any atom is -0.366 e. The van der Waals surface area contributed by atoms with Gasteiger partial charge in [0.25, 0.3) is 11.8 Å². The molecule has 0 atom stereocenters. The van der Waals surface area contributed by atoms with Crippen molar-refractivity contribution in [2.75, 3.05) is 18.4 Å². The van der Waals surface area contributed by atoms with Crippen LogP contribution in [-0.2, 0) is 0 Å². The number of nitrogens with zero attached hydrogens (tertiary/aromatic N) is 2. The lowest BCUT2D eigenvalue weighted by Gasteiger charge is -2.15. The van der Waals surface area contributed by atoms with Crippen molar-refractivity contribution in [2.45, 2.75) is 12.8 Å². The number of carbonyl (C=O) groups excluding carboxylic acids is 3. The first kappa shape index (κ1) is 16.6. The summed E-state index contributed by atoms with van der Waals surface area (Å²) >= 11 is 0. The number of hydrogen-bond acceptors (Lipinski definition) is 4. The first-order valence-corrected chi connectivity index (χ1v) is 8.01. The third-order valence-corrected chi connectivity index (χ3v) is 4.04. The van der Waals surface area contributed by atoms with Crippen LogP contribution in [0, 0.1) is 0 Å². The van der Waals surface area contributed by atoms with E-state index in [4.69, 9.17) is 5.73 Å². The lowest BCUT2D eigenvalue weighted by atomic mass is 10.1. The van der Waals surface area contributed by atoms with E-state index in [1.54, 1.807) is 24.3 Å². The molecule has 1 aliphatic heterocycles. The van der Waals surface area contributed by atoms with E-state index < -0.39 is 11.8 Å². The Morgan fingerprint density at radius 2 is 1.80 bits per heavy atom. The maximum absolute atomic E-state index is 12.4. The smallest absolute Gasteiger partial charge is 0.274 e. The number of pyridine rings is 1. The van der Waals surface area contributed by atoms with Crippen LogP contribution in [0.2, 0.25) is 0 Å². The zero-order valence-electron chi connectivity index (χ0n) is 13.6. The summed E-state index contributed by atoms with van der Waals surface area (Å²) < 4.78 is 0. The molecule has 7 heteroatoms. The highest BCUT2D eigenvalue weighted by Crippen LogP contribution is 2.17. The largest absolute Gasteiger partial charge is 0.366 e. The van der Waals surface area contributed by atoms with Gasteiger partial charge in [0.2, 0.25) is 5.91 Å². The van der Waals surface area contributed by atoms with E-state index in [0.717, 1.165) is 25.9 Å². The molecule has 2 aromatic rings. The molecular formula is C18H18N4O3. The maximum atomic E-state index is 12.4. The van der Waals surface area contributed by atoms with Crippen molar-refractivity contribution in [2.24, 2.45) is 5.73 Å². The van der Waals surface area contributed by atoms with E-state index in [1.165, 1.54) is 18.3 Å². The van der Waals surface area contributed by atoms with Crippen LogP contribution in [0.4, 0.5) is 5.69 Å². The van der Waals surface area contributed by atoms with Gasteiger partial charge in [-0.3, -0.25) is 19.4 Å². The SMILES string of the molecule is NC(=O)c1ccc(C(=O)Nc2cccc(C(=O)N3CCCC3)c2)nc1. The van der Waals surface area contributed by atoms with E-state index in [2.05, 4.69) is 10.3 Å². The van der Waals surface area contributed by atoms with Gasteiger partial charge in [-0.2, -0.15) is 0 Å². The van der Waals surface area contributed by atoms with Gasteiger partial charge in [0.1, 0.15) is 5.69 Å². The van der Waals surface area contributed by atoms with Crippen LogP contribution >= 0.6 is 0 Å². The number of rotatable bonds is 4. The highest BCUT2D eigenvalue weighted by molar-refractivity contribution is 6.04. The second-order valence-corrected chi connectivity index (χ2v) is 5.83. The lowest BCUT2D eigenvalue weighted by Crippen LogP contribution is -2.27. The van der Waals surface area contributed by atoms with E-state index >= 15 is 0 Å². The number of primary amides is 1. The molecule has 25 heavy (non-hydrogen) atoms. The number of carbonyl (C=O) groups is 3. The molecule has 0 radical (unpaired) electrons. The molecule has 0 bridgehead atoms. The van der Waals surface area contributed by atoms with Gasteiger partial charge in [-0.1, -0.05) is 6.07 Å². The normalized spacial score (nSPS) is 13.5. The van der Waals surface area contributed by atoms with Gasteiger partial charge in [0, 0.05) is 30.5 Å². The molecule has 1 aromatic heterocycles. The van der Waals surface area contributed by atoms with Gasteiger partial charge in [-0.25, -0.2) is 0 Å². The minimum atomic E-state index is -0.604. The fraction of sp³-hybridized carbons (Fsp3) is 0.222. The number of likely N-dealkylation sites (tertiary alicyclic amines) is 1. The molecule has 128 valence electrons. The number of amides is 3. The summed E-state index contributed by atoms with van der Waals surface area (Å²) in [6, 6.07) is 9.68. The Hall–Kier alpha value is -3.22. The second-order valence-electron chi connectivity index (χ2n) is 5.83. The predicted molar refractivity (Wildman–Crippen MR) is 92.3 cm³/mol. The molecule has 1 fully saturated rings. The fourth-order valence-corrected chi connectivity index (χ4v) is 2.70. The molecule has 7 nitrogen and oxygen atoms in total. The summed E-state index contributed by atoms with van der Waals surface area (Å²) in [7, 11) is 0. The van der Waals surface area contributed by atoms with Gasteiger partial charge in [0.15, 0.2) is 0 Å². The summed E-state index contributed by atoms with van der Waals surface area (Å²) in [5.41, 5.74) is 6.58. The van der Waals surface area contributed by atoms with E-state index in [-0.39, 0.29) is 17.2 Å². The summed E-state index contributed by atoms with van der Waals surface area (Å²) in [6.07, 6.45) is 3.30. The van der Waals surface area contributed by atoms with Gasteiger partial charge in [0.05, 0.1) is 5.56 Å². The number of nitrogens with one attached hydrogen (secondary N) is 1. The quantitative estimate of drug-likeness (QED) is 0.884. The fourth-order valence-electron chi connectivity index (χ4n) is 2.70. The van der Waals surface area contributed by atoms with E-state index in [0.29, 0.717) is 11.3 Å². The molecular weight excluding hydrogens is 320 g/mol. The number of aromatic nitrogens is 1. The number of nitrogens with two attached hydrogens (primary N) is 1. The van der Waals surface area contributed by atoms with E-state index in [1.807, 2.05) is 4.90 Å². The van der Waals surface area contributed by atoms with E-state index in [9.17, 15) is 14.4 Å². The van der Waals surface area contributed by atoms with Crippen LogP contribution in [0.15, 0.2) is 42.6 Å². The van der Waals surface area contributed by atoms with Crippen LogP contribution in [-0.4, -0.2) is 40.7 Å². The summed E-state index contributed by atoms with van der Waals surface area (Å²) in [5, 5.41) is 2.70. The Balaban J connectivity index is 1.71. The van der Waals surface area contributed by atoms with Crippen LogP contribution in [0.1, 0.15) is 44.0 Å². The van der Waals surface area contributed by atoms with Crippen molar-refractivity contribution in [1.82, 2.24) is 9.88 Å². The standard InChI is InChI=1S/C18H18N4O3/c19-16(23)13-6-7-15(20-11-13)17(24)21-14-5-3-4-12(10-14)18(25)22-8-1-2-9-22/h3-7,10-11H,1-2,8-9H2,(H2,19,23)(H,21,24). The zero-order chi connectivity index (χ0) is 17.8. The Kier molecular flexibility index (Phi) is 4.74. The Labute approximate surface area is 144 Å². The minimum absolute atomic E-state index is 0.0301. The van der Waals surface area contributed by atoms with Crippen molar-refractivity contribution >= 4 is 23.4 Å². The number of benzene rings is 1. The average molecular weight is 338 g/mol. The molecule has 2 heterocycles. The Morgan fingerprint density at radius 1 is 1.04 bits per heavy atom. The zero-order valence-corrected chi connectivity index (χ0v) is 13.6. The molecule has 1 aromatic carbocycles. The Morgan fingerprint density at radius 3 is 2.44 bits per heavy atom. The summed E-state index contributed by atoms with van der Waals surface area (Å²) in [6.45, 7) is 1.54. The monoisotopic (exact) mass is 338 g/mol. The highest BCUT2D eigenvalue weighted by atomic mass is 16.2. The summed E-state index contributed by atoms with van der Waals surface area (Å²) in [5.74, 6) is -1.06. The van der Waals surface area contributed by atoms with Crippen molar-refractivity contribution in [1.29, 1.82) is 0 Å². The van der Waals surface area contributed by atoms with Crippen LogP contribution in [0.3, 0.4) is 0 Å². The molecule has 1 saturated heterocycles. The lowest BCUT2D eigenvalue weighted by molar-refractivity contribution is 0.0792. The molecule has 3 amide bonds. The molecule has 3 rings (SSSR count). The van der Waals surface area contributed by atoms with Gasteiger partial charge in [-0.15, -0.1) is 0 Å². The molecule has 3 N–H and O–H groups in total. The van der Waals surface area contributed by atoms with Crippen LogP contribution in [0.25, 0.3) is 0 Å². The van der Waals surface area contributed by atoms with Crippen molar-refractivity contribution in [3.05, 3.63) is 59.4 Å². The van der Waals surface area contributed by atoms with Crippen molar-refractivity contribution in [3.63, 3.8) is 0 Å². The topological polar surface area (TPSA) is 105 Å². The average Bonchev–Trinajstić information content (AvgIpc) is 3.16. The van der Waals surface area contributed by atoms with Gasteiger partial charge >= 0.3 is 0 Å². The predicted octanol–water partition coefficient (Wildman–Crippen LogP) is 1.67. The Bertz CT molecular complexity index is 811.